The van der Waals surface area contributed by atoms with Gasteiger partial charge in [0.25, 0.3) is 5.91 Å². The first-order chi connectivity index (χ1) is 9.41. The van der Waals surface area contributed by atoms with Gasteiger partial charge in [0.05, 0.1) is 0 Å². The Labute approximate surface area is 121 Å². The summed E-state index contributed by atoms with van der Waals surface area (Å²) in [6, 6.07) is 3.13. The molecule has 0 atom stereocenters. The van der Waals surface area contributed by atoms with Crippen LogP contribution in [0.4, 0.5) is 0 Å². The summed E-state index contributed by atoms with van der Waals surface area (Å²) >= 11 is 0. The van der Waals surface area contributed by atoms with Crippen molar-refractivity contribution in [2.24, 2.45) is 11.8 Å². The van der Waals surface area contributed by atoms with E-state index in [1.54, 1.807) is 6.07 Å². The SMILES string of the molecule is CC(C)CCN(CCC(C)C)C(=O)c1ncccc1O. The van der Waals surface area contributed by atoms with Gasteiger partial charge in [0.15, 0.2) is 5.69 Å². The number of rotatable bonds is 7. The number of nitrogens with zero attached hydrogens (tertiary/aromatic N) is 2. The zero-order valence-electron chi connectivity index (χ0n) is 13.0. The minimum absolute atomic E-state index is 0.0448. The molecule has 0 aliphatic carbocycles. The van der Waals surface area contributed by atoms with Gasteiger partial charge in [0.1, 0.15) is 5.75 Å². The third kappa shape index (κ3) is 5.19. The minimum Gasteiger partial charge on any atom is -0.505 e. The maximum absolute atomic E-state index is 12.5. The van der Waals surface area contributed by atoms with Gasteiger partial charge in [-0.25, -0.2) is 4.98 Å². The van der Waals surface area contributed by atoms with Crippen LogP contribution in [-0.2, 0) is 0 Å². The summed E-state index contributed by atoms with van der Waals surface area (Å²) in [6.45, 7) is 9.98. The molecule has 1 amide bonds. The van der Waals surface area contributed by atoms with Crippen LogP contribution in [0.3, 0.4) is 0 Å². The highest BCUT2D eigenvalue weighted by atomic mass is 16.3. The van der Waals surface area contributed by atoms with Crippen molar-refractivity contribution in [2.45, 2.75) is 40.5 Å². The van der Waals surface area contributed by atoms with E-state index in [4.69, 9.17) is 0 Å². The number of pyridine rings is 1. The molecule has 0 bridgehead atoms. The molecule has 1 N–H and O–H groups in total. The summed E-state index contributed by atoms with van der Waals surface area (Å²) in [4.78, 5) is 18.3. The van der Waals surface area contributed by atoms with Crippen LogP contribution in [-0.4, -0.2) is 34.0 Å². The highest BCUT2D eigenvalue weighted by molar-refractivity contribution is 5.94. The highest BCUT2D eigenvalue weighted by Crippen LogP contribution is 2.17. The molecule has 0 spiro atoms. The Morgan fingerprint density at radius 1 is 1.20 bits per heavy atom. The second-order valence-electron chi connectivity index (χ2n) is 6.03. The van der Waals surface area contributed by atoms with Crippen LogP contribution < -0.4 is 0 Å². The third-order valence-electron chi connectivity index (χ3n) is 3.23. The van der Waals surface area contributed by atoms with E-state index in [0.29, 0.717) is 24.9 Å². The van der Waals surface area contributed by atoms with Crippen LogP contribution in [0.2, 0.25) is 0 Å². The van der Waals surface area contributed by atoms with Crippen molar-refractivity contribution in [1.29, 1.82) is 0 Å². The Morgan fingerprint density at radius 3 is 2.20 bits per heavy atom. The summed E-state index contributed by atoms with van der Waals surface area (Å²) in [5.74, 6) is 0.865. The molecule has 0 saturated heterocycles. The van der Waals surface area contributed by atoms with E-state index >= 15 is 0 Å². The first-order valence-electron chi connectivity index (χ1n) is 7.35. The second kappa shape index (κ2) is 7.88. The lowest BCUT2D eigenvalue weighted by atomic mass is 10.1. The molecule has 112 valence electrons. The zero-order valence-corrected chi connectivity index (χ0v) is 13.0. The van der Waals surface area contributed by atoms with E-state index in [2.05, 4.69) is 32.7 Å². The number of aromatic hydroxyl groups is 1. The molecule has 0 aliphatic rings. The van der Waals surface area contributed by atoms with E-state index in [1.165, 1.54) is 12.3 Å². The summed E-state index contributed by atoms with van der Waals surface area (Å²) in [7, 11) is 0. The maximum Gasteiger partial charge on any atom is 0.276 e. The molecule has 0 aromatic carbocycles. The van der Waals surface area contributed by atoms with Crippen molar-refractivity contribution < 1.29 is 9.90 Å². The van der Waals surface area contributed by atoms with Crippen molar-refractivity contribution in [3.05, 3.63) is 24.0 Å². The normalized spacial score (nSPS) is 11.1. The average Bonchev–Trinajstić information content (AvgIpc) is 2.38. The third-order valence-corrected chi connectivity index (χ3v) is 3.23. The minimum atomic E-state index is -0.176. The molecule has 4 nitrogen and oxygen atoms in total. The molecule has 1 rings (SSSR count). The van der Waals surface area contributed by atoms with E-state index in [1.807, 2.05) is 4.90 Å². The van der Waals surface area contributed by atoms with E-state index in [9.17, 15) is 9.90 Å². The fourth-order valence-electron chi connectivity index (χ4n) is 1.85. The van der Waals surface area contributed by atoms with Crippen molar-refractivity contribution >= 4 is 5.91 Å². The molecule has 20 heavy (non-hydrogen) atoms. The summed E-state index contributed by atoms with van der Waals surface area (Å²) in [6.07, 6.45) is 3.45. The molecular formula is C16H26N2O2. The van der Waals surface area contributed by atoms with Gasteiger partial charge >= 0.3 is 0 Å². The first-order valence-corrected chi connectivity index (χ1v) is 7.35. The topological polar surface area (TPSA) is 53.4 Å². The van der Waals surface area contributed by atoms with Gasteiger partial charge in [-0.15, -0.1) is 0 Å². The Hall–Kier alpha value is -1.58. The lowest BCUT2D eigenvalue weighted by Gasteiger charge is -2.24. The average molecular weight is 278 g/mol. The molecular weight excluding hydrogens is 252 g/mol. The van der Waals surface area contributed by atoms with E-state index < -0.39 is 0 Å². The van der Waals surface area contributed by atoms with Crippen LogP contribution in [0, 0.1) is 11.8 Å². The van der Waals surface area contributed by atoms with Gasteiger partial charge in [0.2, 0.25) is 0 Å². The van der Waals surface area contributed by atoms with Crippen LogP contribution in [0.15, 0.2) is 18.3 Å². The van der Waals surface area contributed by atoms with Gasteiger partial charge in [-0.2, -0.15) is 0 Å². The van der Waals surface area contributed by atoms with Crippen molar-refractivity contribution in [1.82, 2.24) is 9.88 Å². The molecule has 0 aliphatic heterocycles. The molecule has 0 unspecified atom stereocenters. The lowest BCUT2D eigenvalue weighted by Crippen LogP contribution is -2.34. The fraction of sp³-hybridized carbons (Fsp3) is 0.625. The van der Waals surface area contributed by atoms with Crippen molar-refractivity contribution in [3.63, 3.8) is 0 Å². The van der Waals surface area contributed by atoms with Crippen LogP contribution in [0.5, 0.6) is 5.75 Å². The predicted octanol–water partition coefficient (Wildman–Crippen LogP) is 3.32. The molecule has 1 aromatic heterocycles. The standard InChI is InChI=1S/C16H26N2O2/c1-12(2)7-10-18(11-8-13(3)4)16(20)15-14(19)6-5-9-17-15/h5-6,9,12-13,19H,7-8,10-11H2,1-4H3. The zero-order chi connectivity index (χ0) is 15.1. The van der Waals surface area contributed by atoms with Gasteiger partial charge < -0.3 is 10.0 Å². The monoisotopic (exact) mass is 278 g/mol. The fourth-order valence-corrected chi connectivity index (χ4v) is 1.85. The summed E-state index contributed by atoms with van der Waals surface area (Å²) in [5.41, 5.74) is 0.153. The molecule has 1 aromatic rings. The van der Waals surface area contributed by atoms with Gasteiger partial charge in [-0.1, -0.05) is 27.7 Å². The molecule has 0 radical (unpaired) electrons. The van der Waals surface area contributed by atoms with Crippen LogP contribution in [0.25, 0.3) is 0 Å². The number of carbonyl (C=O) groups excluding carboxylic acids is 1. The number of carbonyl (C=O) groups is 1. The van der Waals surface area contributed by atoms with Crippen LogP contribution in [0.1, 0.15) is 51.0 Å². The molecule has 0 fully saturated rings. The van der Waals surface area contributed by atoms with Crippen molar-refractivity contribution in [3.8, 4) is 5.75 Å². The Balaban J connectivity index is 2.80. The Kier molecular flexibility index (Phi) is 6.49. The second-order valence-corrected chi connectivity index (χ2v) is 6.03. The largest absolute Gasteiger partial charge is 0.505 e. The summed E-state index contributed by atoms with van der Waals surface area (Å²) in [5, 5.41) is 9.77. The number of hydrogen-bond acceptors (Lipinski definition) is 3. The Morgan fingerprint density at radius 2 is 1.75 bits per heavy atom. The number of hydrogen-bond donors (Lipinski definition) is 1. The van der Waals surface area contributed by atoms with E-state index in [0.717, 1.165) is 12.8 Å². The highest BCUT2D eigenvalue weighted by Gasteiger charge is 2.20. The van der Waals surface area contributed by atoms with Crippen LogP contribution >= 0.6 is 0 Å². The first kappa shape index (κ1) is 16.5. The molecule has 0 saturated carbocycles. The smallest absolute Gasteiger partial charge is 0.276 e. The van der Waals surface area contributed by atoms with Crippen molar-refractivity contribution in [2.75, 3.05) is 13.1 Å². The molecule has 4 heteroatoms. The van der Waals surface area contributed by atoms with Gasteiger partial charge in [-0.3, -0.25) is 4.79 Å². The molecule has 1 heterocycles. The maximum atomic E-state index is 12.5. The Bertz CT molecular complexity index is 418. The van der Waals surface area contributed by atoms with Gasteiger partial charge in [-0.05, 0) is 36.8 Å². The van der Waals surface area contributed by atoms with E-state index in [-0.39, 0.29) is 17.4 Å². The summed E-state index contributed by atoms with van der Waals surface area (Å²) < 4.78 is 0. The lowest BCUT2D eigenvalue weighted by molar-refractivity contribution is 0.0731. The predicted molar refractivity (Wildman–Crippen MR) is 80.7 cm³/mol. The quantitative estimate of drug-likeness (QED) is 0.832. The number of aromatic nitrogens is 1. The van der Waals surface area contributed by atoms with Gasteiger partial charge in [0, 0.05) is 19.3 Å². The number of amides is 1.